The summed E-state index contributed by atoms with van der Waals surface area (Å²) in [6.07, 6.45) is 0.684. The lowest BCUT2D eigenvalue weighted by molar-refractivity contribution is 0.0937. The summed E-state index contributed by atoms with van der Waals surface area (Å²) in [5.41, 5.74) is 1.95. The largest absolute Gasteiger partial charge is 0.383 e. The molecule has 0 aliphatic heterocycles. The van der Waals surface area contributed by atoms with Crippen molar-refractivity contribution in [1.82, 2.24) is 10.6 Å². The average Bonchev–Trinajstić information content (AvgIpc) is 2.62. The van der Waals surface area contributed by atoms with Gasteiger partial charge in [0.15, 0.2) is 0 Å². The molecule has 2 N–H and O–H groups in total. The molecule has 2 aromatic carbocycles. The first-order valence-electron chi connectivity index (χ1n) is 8.00. The Morgan fingerprint density at radius 2 is 1.60 bits per heavy atom. The summed E-state index contributed by atoms with van der Waals surface area (Å²) in [7, 11) is 1.57. The van der Waals surface area contributed by atoms with Crippen LogP contribution in [0, 0.1) is 0 Å². The lowest BCUT2D eigenvalue weighted by atomic mass is 10.1. The number of ether oxygens (including phenoxy) is 1. The minimum absolute atomic E-state index is 0.214. The zero-order chi connectivity index (χ0) is 18.1. The molecule has 0 unspecified atom stereocenters. The van der Waals surface area contributed by atoms with Crippen LogP contribution in [0.4, 0.5) is 0 Å². The van der Waals surface area contributed by atoms with Gasteiger partial charge in [-0.2, -0.15) is 0 Å². The van der Waals surface area contributed by atoms with E-state index in [1.807, 2.05) is 24.3 Å². The molecule has 0 atom stereocenters. The van der Waals surface area contributed by atoms with E-state index in [-0.39, 0.29) is 11.8 Å². The second-order valence-electron chi connectivity index (χ2n) is 5.47. The van der Waals surface area contributed by atoms with Crippen LogP contribution in [0.1, 0.15) is 26.3 Å². The Hall–Kier alpha value is -2.37. The number of carbonyl (C=O) groups is 2. The minimum Gasteiger partial charge on any atom is -0.383 e. The topological polar surface area (TPSA) is 67.4 Å². The smallest absolute Gasteiger partial charge is 0.251 e. The third-order valence-corrected chi connectivity index (χ3v) is 3.80. The van der Waals surface area contributed by atoms with E-state index in [1.165, 1.54) is 0 Å². The van der Waals surface area contributed by atoms with Crippen molar-refractivity contribution in [3.8, 4) is 0 Å². The fourth-order valence-corrected chi connectivity index (χ4v) is 2.50. The summed E-state index contributed by atoms with van der Waals surface area (Å²) in [6, 6.07) is 14.2. The highest BCUT2D eigenvalue weighted by molar-refractivity contribution is 6.30. The highest BCUT2D eigenvalue weighted by atomic mass is 35.5. The molecule has 0 heterocycles. The molecule has 2 aromatic rings. The van der Waals surface area contributed by atoms with Crippen molar-refractivity contribution >= 4 is 23.4 Å². The Morgan fingerprint density at radius 1 is 0.960 bits per heavy atom. The highest BCUT2D eigenvalue weighted by Crippen LogP contribution is 2.11. The molecule has 0 radical (unpaired) electrons. The normalized spacial score (nSPS) is 10.3. The van der Waals surface area contributed by atoms with E-state index in [9.17, 15) is 9.59 Å². The van der Waals surface area contributed by atoms with Crippen LogP contribution in [-0.4, -0.2) is 38.6 Å². The molecule has 2 rings (SSSR count). The molecule has 0 spiro atoms. The van der Waals surface area contributed by atoms with Gasteiger partial charge in [0, 0.05) is 36.3 Å². The summed E-state index contributed by atoms with van der Waals surface area (Å²) < 4.78 is 4.89. The van der Waals surface area contributed by atoms with Crippen molar-refractivity contribution < 1.29 is 14.3 Å². The van der Waals surface area contributed by atoms with E-state index in [2.05, 4.69) is 10.6 Å². The maximum absolute atomic E-state index is 12.2. The summed E-state index contributed by atoms with van der Waals surface area (Å²) >= 11 is 5.94. The second kappa shape index (κ2) is 9.81. The number of rotatable bonds is 8. The van der Waals surface area contributed by atoms with Gasteiger partial charge in [-0.1, -0.05) is 29.8 Å². The molecule has 0 aromatic heterocycles. The number of methoxy groups -OCH3 is 1. The second-order valence-corrected chi connectivity index (χ2v) is 5.90. The lowest BCUT2D eigenvalue weighted by Crippen LogP contribution is -2.28. The van der Waals surface area contributed by atoms with Crippen LogP contribution in [0.25, 0.3) is 0 Å². The van der Waals surface area contributed by atoms with E-state index in [1.54, 1.807) is 31.4 Å². The molecule has 0 fully saturated rings. The predicted molar refractivity (Wildman–Crippen MR) is 98.1 cm³/mol. The van der Waals surface area contributed by atoms with Gasteiger partial charge >= 0.3 is 0 Å². The zero-order valence-corrected chi connectivity index (χ0v) is 14.8. The Bertz CT molecular complexity index is 734. The summed E-state index contributed by atoms with van der Waals surface area (Å²) in [5, 5.41) is 6.26. The van der Waals surface area contributed by atoms with Gasteiger partial charge in [0.1, 0.15) is 0 Å². The standard InChI is InChI=1S/C19H21ClN2O3/c1-25-11-10-22-19(24)16-6-3-5-15(13-16)18(23)21-9-8-14-4-2-7-17(20)12-14/h2-7,12-13H,8-11H2,1H3,(H,21,23)(H,22,24). The van der Waals surface area contributed by atoms with Gasteiger partial charge in [-0.15, -0.1) is 0 Å². The number of carbonyl (C=O) groups excluding carboxylic acids is 2. The monoisotopic (exact) mass is 360 g/mol. The van der Waals surface area contributed by atoms with Crippen LogP contribution in [0.5, 0.6) is 0 Å². The Labute approximate surface area is 152 Å². The maximum Gasteiger partial charge on any atom is 0.251 e. The average molecular weight is 361 g/mol. The molecule has 2 amide bonds. The number of hydrogen-bond donors (Lipinski definition) is 2. The van der Waals surface area contributed by atoms with Crippen LogP contribution in [-0.2, 0) is 11.2 Å². The van der Waals surface area contributed by atoms with Gasteiger partial charge < -0.3 is 15.4 Å². The van der Waals surface area contributed by atoms with Crippen molar-refractivity contribution in [3.05, 3.63) is 70.2 Å². The Morgan fingerprint density at radius 3 is 2.24 bits per heavy atom. The van der Waals surface area contributed by atoms with Gasteiger partial charge in [0.25, 0.3) is 11.8 Å². The summed E-state index contributed by atoms with van der Waals surface area (Å²) in [6.45, 7) is 1.35. The first kappa shape index (κ1) is 19.0. The third kappa shape index (κ3) is 6.21. The van der Waals surface area contributed by atoms with Gasteiger partial charge in [0.2, 0.25) is 0 Å². The molecule has 0 saturated carbocycles. The van der Waals surface area contributed by atoms with E-state index in [4.69, 9.17) is 16.3 Å². The van der Waals surface area contributed by atoms with Crippen molar-refractivity contribution in [2.45, 2.75) is 6.42 Å². The van der Waals surface area contributed by atoms with Gasteiger partial charge in [-0.3, -0.25) is 9.59 Å². The maximum atomic E-state index is 12.2. The molecule has 0 bridgehead atoms. The van der Waals surface area contributed by atoms with Crippen molar-refractivity contribution in [2.75, 3.05) is 26.8 Å². The molecule has 132 valence electrons. The first-order valence-corrected chi connectivity index (χ1v) is 8.38. The number of hydrogen-bond acceptors (Lipinski definition) is 3. The lowest BCUT2D eigenvalue weighted by Gasteiger charge is -2.08. The van der Waals surface area contributed by atoms with Crippen molar-refractivity contribution in [2.24, 2.45) is 0 Å². The van der Waals surface area contributed by atoms with Crippen LogP contribution in [0.2, 0.25) is 5.02 Å². The summed E-state index contributed by atoms with van der Waals surface area (Å²) in [4.78, 5) is 24.3. The molecule has 5 nitrogen and oxygen atoms in total. The fraction of sp³-hybridized carbons (Fsp3) is 0.263. The van der Waals surface area contributed by atoms with Crippen LogP contribution in [0.3, 0.4) is 0 Å². The zero-order valence-electron chi connectivity index (χ0n) is 14.0. The summed E-state index contributed by atoms with van der Waals surface area (Å²) in [5.74, 6) is -0.445. The third-order valence-electron chi connectivity index (χ3n) is 3.57. The van der Waals surface area contributed by atoms with Gasteiger partial charge in [-0.25, -0.2) is 0 Å². The van der Waals surface area contributed by atoms with E-state index >= 15 is 0 Å². The Balaban J connectivity index is 1.88. The quantitative estimate of drug-likeness (QED) is 0.711. The molecule has 0 aliphatic carbocycles. The number of nitrogens with one attached hydrogen (secondary N) is 2. The van der Waals surface area contributed by atoms with E-state index in [0.717, 1.165) is 5.56 Å². The first-order chi connectivity index (χ1) is 12.1. The highest BCUT2D eigenvalue weighted by Gasteiger charge is 2.10. The molecule has 6 heteroatoms. The van der Waals surface area contributed by atoms with Crippen LogP contribution in [0.15, 0.2) is 48.5 Å². The molecule has 25 heavy (non-hydrogen) atoms. The van der Waals surface area contributed by atoms with Crippen molar-refractivity contribution in [1.29, 1.82) is 0 Å². The van der Waals surface area contributed by atoms with Gasteiger partial charge in [0.05, 0.1) is 6.61 Å². The fourth-order valence-electron chi connectivity index (χ4n) is 2.29. The molecular formula is C19H21ClN2O3. The van der Waals surface area contributed by atoms with Crippen LogP contribution >= 0.6 is 11.6 Å². The van der Waals surface area contributed by atoms with Crippen molar-refractivity contribution in [3.63, 3.8) is 0 Å². The SMILES string of the molecule is COCCNC(=O)c1cccc(C(=O)NCCc2cccc(Cl)c2)c1. The number of halogens is 1. The molecular weight excluding hydrogens is 340 g/mol. The van der Waals surface area contributed by atoms with E-state index < -0.39 is 0 Å². The van der Waals surface area contributed by atoms with Gasteiger partial charge in [-0.05, 0) is 42.3 Å². The Kier molecular flexibility index (Phi) is 7.44. The molecule has 0 saturated heterocycles. The number of amides is 2. The van der Waals surface area contributed by atoms with E-state index in [0.29, 0.717) is 42.3 Å². The minimum atomic E-state index is -0.231. The van der Waals surface area contributed by atoms with Crippen LogP contribution < -0.4 is 10.6 Å². The molecule has 0 aliphatic rings. The predicted octanol–water partition coefficient (Wildman–Crippen LogP) is 2.69. The number of benzene rings is 2.